The second-order valence-electron chi connectivity index (χ2n) is 7.11. The largest absolute Gasteiger partial charge is 0.442 e. The van der Waals surface area contributed by atoms with Gasteiger partial charge in [0, 0.05) is 38.9 Å². The van der Waals surface area contributed by atoms with Gasteiger partial charge in [-0.15, -0.1) is 0 Å². The van der Waals surface area contributed by atoms with Crippen LogP contribution in [0.3, 0.4) is 0 Å². The molecule has 146 valence electrons. The molecule has 3 fully saturated rings. The van der Waals surface area contributed by atoms with Gasteiger partial charge in [-0.2, -0.15) is 0 Å². The number of pyridine rings is 1. The number of likely N-dealkylation sites (tertiary alicyclic amines) is 1. The molecule has 0 spiro atoms. The van der Waals surface area contributed by atoms with E-state index in [0.717, 1.165) is 39.3 Å². The number of ether oxygens (including phenoxy) is 2. The number of nitrogens with zero attached hydrogens (tertiary/aromatic N) is 3. The van der Waals surface area contributed by atoms with Crippen molar-refractivity contribution in [3.8, 4) is 0 Å². The van der Waals surface area contributed by atoms with Gasteiger partial charge in [-0.1, -0.05) is 0 Å². The van der Waals surface area contributed by atoms with Crippen molar-refractivity contribution in [3.63, 3.8) is 0 Å². The number of hydrogen-bond donors (Lipinski definition) is 1. The van der Waals surface area contributed by atoms with Gasteiger partial charge in [0.1, 0.15) is 11.7 Å². The SMILES string of the molecule is O=C(c1ccc[nH]c1=O)N1C[C@H]2OC(=O)N(CCCN3CCOCC3)[C@H]2C1. The number of amides is 2. The van der Waals surface area contributed by atoms with Crippen molar-refractivity contribution in [3.05, 3.63) is 34.2 Å². The van der Waals surface area contributed by atoms with Crippen LogP contribution in [-0.4, -0.2) is 96.3 Å². The standard InChI is InChI=1S/C18H24N4O5/c23-16-13(3-1-4-19-16)17(24)21-11-14-15(12-21)27-18(25)22(14)6-2-5-20-7-9-26-10-8-20/h1,3-4,14-15H,2,5-12H2,(H,19,23)/t14-,15+/m0/s1. The molecule has 9 nitrogen and oxygen atoms in total. The lowest BCUT2D eigenvalue weighted by Crippen LogP contribution is -2.42. The molecule has 0 bridgehead atoms. The number of aromatic amines is 1. The summed E-state index contributed by atoms with van der Waals surface area (Å²) in [5.74, 6) is -0.324. The molecule has 4 heterocycles. The zero-order valence-corrected chi connectivity index (χ0v) is 15.1. The van der Waals surface area contributed by atoms with Crippen molar-refractivity contribution in [2.45, 2.75) is 18.6 Å². The first-order valence-corrected chi connectivity index (χ1v) is 9.38. The normalized spacial score (nSPS) is 25.6. The molecule has 0 aliphatic carbocycles. The van der Waals surface area contributed by atoms with Crippen molar-refractivity contribution in [2.75, 3.05) is 52.5 Å². The molecule has 0 unspecified atom stereocenters. The molecule has 1 aromatic heterocycles. The number of rotatable bonds is 5. The van der Waals surface area contributed by atoms with Gasteiger partial charge in [-0.05, 0) is 18.6 Å². The summed E-state index contributed by atoms with van der Waals surface area (Å²) in [4.78, 5) is 44.9. The highest BCUT2D eigenvalue weighted by Crippen LogP contribution is 2.27. The van der Waals surface area contributed by atoms with Crippen LogP contribution in [0.25, 0.3) is 0 Å². The number of H-pyrrole nitrogens is 1. The summed E-state index contributed by atoms with van der Waals surface area (Å²) in [6.45, 7) is 5.58. The molecular weight excluding hydrogens is 352 g/mol. The molecule has 2 amide bonds. The highest BCUT2D eigenvalue weighted by molar-refractivity contribution is 5.94. The van der Waals surface area contributed by atoms with Crippen molar-refractivity contribution in [1.29, 1.82) is 0 Å². The molecule has 27 heavy (non-hydrogen) atoms. The minimum atomic E-state index is -0.404. The lowest BCUT2D eigenvalue weighted by atomic mass is 10.2. The van der Waals surface area contributed by atoms with E-state index < -0.39 is 5.56 Å². The first kappa shape index (κ1) is 18.0. The number of hydrogen-bond acceptors (Lipinski definition) is 6. The molecule has 3 aliphatic heterocycles. The van der Waals surface area contributed by atoms with E-state index in [2.05, 4.69) is 9.88 Å². The Kier molecular flexibility index (Phi) is 5.13. The van der Waals surface area contributed by atoms with Crippen LogP contribution in [-0.2, 0) is 9.47 Å². The first-order valence-electron chi connectivity index (χ1n) is 9.38. The van der Waals surface area contributed by atoms with Gasteiger partial charge in [0.05, 0.1) is 25.8 Å². The number of carbonyl (C=O) groups is 2. The predicted molar refractivity (Wildman–Crippen MR) is 95.6 cm³/mol. The maximum absolute atomic E-state index is 12.6. The van der Waals surface area contributed by atoms with Crippen molar-refractivity contribution in [1.82, 2.24) is 19.7 Å². The fourth-order valence-corrected chi connectivity index (χ4v) is 3.98. The minimum absolute atomic E-state index is 0.114. The summed E-state index contributed by atoms with van der Waals surface area (Å²) in [5, 5.41) is 0. The average Bonchev–Trinajstić information content (AvgIpc) is 3.21. The Morgan fingerprint density at radius 1 is 1.19 bits per heavy atom. The third-order valence-electron chi connectivity index (χ3n) is 5.44. The highest BCUT2D eigenvalue weighted by Gasteiger charge is 2.48. The highest BCUT2D eigenvalue weighted by atomic mass is 16.6. The van der Waals surface area contributed by atoms with Gasteiger partial charge < -0.3 is 19.4 Å². The van der Waals surface area contributed by atoms with Gasteiger partial charge in [0.15, 0.2) is 0 Å². The van der Waals surface area contributed by atoms with Gasteiger partial charge in [-0.3, -0.25) is 19.4 Å². The summed E-state index contributed by atoms with van der Waals surface area (Å²) in [6.07, 6.45) is 1.71. The quantitative estimate of drug-likeness (QED) is 0.761. The van der Waals surface area contributed by atoms with Crippen LogP contribution in [0.4, 0.5) is 4.79 Å². The molecule has 3 aliphatic rings. The van der Waals surface area contributed by atoms with E-state index in [9.17, 15) is 14.4 Å². The maximum atomic E-state index is 12.6. The summed E-state index contributed by atoms with van der Waals surface area (Å²) in [6, 6.07) is 3.00. The third kappa shape index (κ3) is 3.70. The van der Waals surface area contributed by atoms with Crippen LogP contribution >= 0.6 is 0 Å². The van der Waals surface area contributed by atoms with Crippen LogP contribution < -0.4 is 5.56 Å². The first-order chi connectivity index (χ1) is 13.1. The Labute approximate surface area is 156 Å². The Bertz CT molecular complexity index is 760. The van der Waals surface area contributed by atoms with Crippen LogP contribution in [0.2, 0.25) is 0 Å². The lowest BCUT2D eigenvalue weighted by molar-refractivity contribution is 0.0362. The second kappa shape index (κ2) is 7.69. The van der Waals surface area contributed by atoms with Gasteiger partial charge in [-0.25, -0.2) is 4.79 Å². The monoisotopic (exact) mass is 376 g/mol. The fourth-order valence-electron chi connectivity index (χ4n) is 3.98. The van der Waals surface area contributed by atoms with Gasteiger partial charge in [0.2, 0.25) is 0 Å². The van der Waals surface area contributed by atoms with Crippen LogP contribution in [0.5, 0.6) is 0 Å². The zero-order chi connectivity index (χ0) is 18.8. The molecule has 2 atom stereocenters. The molecule has 4 rings (SSSR count). The summed E-state index contributed by atoms with van der Waals surface area (Å²) >= 11 is 0. The van der Waals surface area contributed by atoms with E-state index in [0.29, 0.717) is 19.6 Å². The van der Waals surface area contributed by atoms with Crippen molar-refractivity contribution >= 4 is 12.0 Å². The predicted octanol–water partition coefficient (Wildman–Crippen LogP) is -0.258. The number of carbonyl (C=O) groups excluding carboxylic acids is 2. The van der Waals surface area contributed by atoms with Crippen LogP contribution in [0.15, 0.2) is 23.1 Å². The maximum Gasteiger partial charge on any atom is 0.410 e. The number of nitrogens with one attached hydrogen (secondary N) is 1. The van der Waals surface area contributed by atoms with Crippen LogP contribution in [0.1, 0.15) is 16.8 Å². The van der Waals surface area contributed by atoms with E-state index in [1.165, 1.54) is 12.3 Å². The molecule has 0 radical (unpaired) electrons. The zero-order valence-electron chi connectivity index (χ0n) is 15.1. The van der Waals surface area contributed by atoms with E-state index >= 15 is 0 Å². The van der Waals surface area contributed by atoms with Crippen molar-refractivity contribution in [2.24, 2.45) is 0 Å². The second-order valence-corrected chi connectivity index (χ2v) is 7.11. The smallest absolute Gasteiger partial charge is 0.410 e. The Morgan fingerprint density at radius 3 is 2.78 bits per heavy atom. The fraction of sp³-hybridized carbons (Fsp3) is 0.611. The lowest BCUT2D eigenvalue weighted by Gasteiger charge is -2.28. The molecule has 1 aromatic rings. The molecule has 0 saturated carbocycles. The summed E-state index contributed by atoms with van der Waals surface area (Å²) < 4.78 is 10.8. The van der Waals surface area contributed by atoms with Crippen molar-refractivity contribution < 1.29 is 19.1 Å². The molecule has 9 heteroatoms. The van der Waals surface area contributed by atoms with E-state index in [-0.39, 0.29) is 29.7 Å². The topological polar surface area (TPSA) is 95.2 Å². The van der Waals surface area contributed by atoms with Crippen LogP contribution in [0, 0.1) is 0 Å². The van der Waals surface area contributed by atoms with Gasteiger partial charge >= 0.3 is 6.09 Å². The average molecular weight is 376 g/mol. The molecule has 1 N–H and O–H groups in total. The number of fused-ring (bicyclic) bond motifs is 1. The summed E-state index contributed by atoms with van der Waals surface area (Å²) in [5.41, 5.74) is -0.290. The Hall–Kier alpha value is -2.39. The van der Waals surface area contributed by atoms with E-state index in [1.54, 1.807) is 15.9 Å². The summed E-state index contributed by atoms with van der Waals surface area (Å²) in [7, 11) is 0. The number of morpholine rings is 1. The Morgan fingerprint density at radius 2 is 2.00 bits per heavy atom. The number of aromatic nitrogens is 1. The molecular formula is C18H24N4O5. The van der Waals surface area contributed by atoms with E-state index in [4.69, 9.17) is 9.47 Å². The minimum Gasteiger partial charge on any atom is -0.442 e. The Balaban J connectivity index is 1.34. The van der Waals surface area contributed by atoms with E-state index in [1.807, 2.05) is 0 Å². The molecule has 0 aromatic carbocycles. The third-order valence-corrected chi connectivity index (χ3v) is 5.44. The van der Waals surface area contributed by atoms with Gasteiger partial charge in [0.25, 0.3) is 11.5 Å². The molecule has 3 saturated heterocycles.